The van der Waals surface area contributed by atoms with Crippen LogP contribution in [0.2, 0.25) is 0 Å². The van der Waals surface area contributed by atoms with E-state index in [9.17, 15) is 90.0 Å². The number of aliphatic hydroxyl groups excluding tert-OH is 4. The number of halogens is 17. The quantitative estimate of drug-likeness (QED) is 0.143. The maximum absolute atomic E-state index is 13.8. The van der Waals surface area contributed by atoms with Gasteiger partial charge in [-0.05, 0) is 12.8 Å². The number of alkyl halides is 17. The minimum Gasteiger partial charge on any atom is -0.394 e. The molecule has 7 nitrogen and oxygen atoms in total. The molecule has 1 aliphatic heterocycles. The number of hydrogen-bond acceptors (Lipinski definition) is 7. The third kappa shape index (κ3) is 6.94. The first-order valence-electron chi connectivity index (χ1n) is 11.7. The summed E-state index contributed by atoms with van der Waals surface area (Å²) >= 11 is 0. The summed E-state index contributed by atoms with van der Waals surface area (Å²) in [5, 5.41) is 38.0. The van der Waals surface area contributed by atoms with Crippen molar-refractivity contribution < 1.29 is 109 Å². The van der Waals surface area contributed by atoms with Crippen LogP contribution in [0.1, 0.15) is 19.3 Å². The molecule has 1 aliphatic rings. The normalized spacial score (nSPS) is 25.4. The van der Waals surface area contributed by atoms with Crippen LogP contribution < -0.4 is 0 Å². The Morgan fingerprint density at radius 3 is 1.41 bits per heavy atom. The van der Waals surface area contributed by atoms with Gasteiger partial charge in [-0.3, -0.25) is 0 Å². The van der Waals surface area contributed by atoms with Gasteiger partial charge >= 0.3 is 47.6 Å². The first-order chi connectivity index (χ1) is 19.5. The van der Waals surface area contributed by atoms with Crippen LogP contribution in [-0.2, 0) is 14.2 Å². The van der Waals surface area contributed by atoms with Gasteiger partial charge in [-0.15, -0.1) is 0 Å². The van der Waals surface area contributed by atoms with Crippen molar-refractivity contribution in [3.8, 4) is 0 Å². The summed E-state index contributed by atoms with van der Waals surface area (Å²) in [5.41, 5.74) is 0. The molecule has 0 spiro atoms. The lowest BCUT2D eigenvalue weighted by Gasteiger charge is -2.42. The minimum absolute atomic E-state index is 0.155. The summed E-state index contributed by atoms with van der Waals surface area (Å²) in [6.07, 6.45) is -19.3. The Hall–Kier alpha value is -1.47. The van der Waals surface area contributed by atoms with Crippen molar-refractivity contribution in [1.29, 1.82) is 0 Å². The minimum atomic E-state index is -8.68. The molecule has 24 heteroatoms. The maximum Gasteiger partial charge on any atom is 0.460 e. The second-order valence-electron chi connectivity index (χ2n) is 9.29. The molecule has 0 saturated carbocycles. The zero-order valence-electron chi connectivity index (χ0n) is 21.3. The molecule has 1 saturated heterocycles. The van der Waals surface area contributed by atoms with E-state index < -0.39 is 111 Å². The fraction of sp³-hybridized carbons (Fsp3) is 1.00. The van der Waals surface area contributed by atoms with Crippen LogP contribution in [0.15, 0.2) is 0 Å². The van der Waals surface area contributed by atoms with Gasteiger partial charge in [-0.2, -0.15) is 74.6 Å². The molecule has 1 fully saturated rings. The van der Waals surface area contributed by atoms with Crippen LogP contribution in [0, 0.1) is 0 Å². The van der Waals surface area contributed by atoms with Crippen molar-refractivity contribution in [2.45, 2.75) is 97.6 Å². The zero-order chi connectivity index (χ0) is 35.0. The van der Waals surface area contributed by atoms with Crippen LogP contribution in [0.5, 0.6) is 0 Å². The Morgan fingerprint density at radius 2 is 0.955 bits per heavy atom. The molecule has 0 amide bonds. The first-order valence-corrected chi connectivity index (χ1v) is 11.7. The van der Waals surface area contributed by atoms with E-state index in [0.29, 0.717) is 0 Å². The predicted octanol–water partition coefficient (Wildman–Crippen LogP) is 4.00. The van der Waals surface area contributed by atoms with E-state index in [4.69, 9.17) is 14.6 Å². The highest BCUT2D eigenvalue weighted by Crippen LogP contribution is 2.64. The van der Waals surface area contributed by atoms with Crippen LogP contribution in [0.25, 0.3) is 0 Å². The summed E-state index contributed by atoms with van der Waals surface area (Å²) < 4.78 is 239. The van der Waals surface area contributed by atoms with Crippen molar-refractivity contribution in [2.24, 2.45) is 0 Å². The Bertz CT molecular complexity index is 929. The van der Waals surface area contributed by atoms with E-state index in [1.807, 2.05) is 0 Å². The van der Waals surface area contributed by atoms with Gasteiger partial charge in [0, 0.05) is 19.6 Å². The average molecular weight is 698 g/mol. The highest BCUT2D eigenvalue weighted by Gasteiger charge is 2.95. The van der Waals surface area contributed by atoms with E-state index in [1.165, 1.54) is 0 Å². The number of unbranched alkanes of at least 4 members (excludes halogenated alkanes) is 1. The van der Waals surface area contributed by atoms with Crippen LogP contribution >= 0.6 is 0 Å². The van der Waals surface area contributed by atoms with E-state index in [1.54, 1.807) is 0 Å². The summed E-state index contributed by atoms with van der Waals surface area (Å²) in [7, 11) is 0. The molecule has 0 unspecified atom stereocenters. The summed E-state index contributed by atoms with van der Waals surface area (Å²) in [4.78, 5) is 0. The number of aliphatic hydroxyl groups is 4. The van der Waals surface area contributed by atoms with Gasteiger partial charge in [0.1, 0.15) is 24.4 Å². The van der Waals surface area contributed by atoms with Gasteiger partial charge in [0.05, 0.1) is 13.2 Å². The maximum atomic E-state index is 13.8. The lowest BCUT2D eigenvalue weighted by atomic mass is 9.88. The van der Waals surface area contributed by atoms with Gasteiger partial charge in [0.15, 0.2) is 6.29 Å². The van der Waals surface area contributed by atoms with Crippen molar-refractivity contribution in [3.05, 3.63) is 0 Å². The van der Waals surface area contributed by atoms with Gasteiger partial charge in [-0.1, -0.05) is 0 Å². The molecule has 4 N–H and O–H groups in total. The van der Waals surface area contributed by atoms with Gasteiger partial charge in [0.2, 0.25) is 0 Å². The molecule has 0 bridgehead atoms. The molecule has 0 aromatic heterocycles. The molecular weight excluding hydrogens is 675 g/mol. The van der Waals surface area contributed by atoms with Crippen molar-refractivity contribution in [2.75, 3.05) is 26.4 Å². The molecule has 0 radical (unpaired) electrons. The highest BCUT2D eigenvalue weighted by molar-refractivity contribution is 5.15. The second kappa shape index (κ2) is 13.3. The van der Waals surface area contributed by atoms with E-state index >= 15 is 0 Å². The monoisotopic (exact) mass is 698 g/mol. The fourth-order valence-electron chi connectivity index (χ4n) is 3.37. The largest absolute Gasteiger partial charge is 0.460 e. The fourth-order valence-corrected chi connectivity index (χ4v) is 3.37. The molecule has 0 aliphatic carbocycles. The summed E-state index contributed by atoms with van der Waals surface area (Å²) in [6.45, 7) is -3.66. The van der Waals surface area contributed by atoms with Crippen molar-refractivity contribution >= 4 is 0 Å². The Kier molecular flexibility index (Phi) is 12.3. The van der Waals surface area contributed by atoms with Crippen LogP contribution in [0.4, 0.5) is 74.6 Å². The predicted molar refractivity (Wildman–Crippen MR) is 105 cm³/mol. The number of hydrogen-bond donors (Lipinski definition) is 4. The SMILES string of the molecule is OC[C@H]1O[C@H](OCCCCOCCC(F)(F)C(F)(F)C(F)(F)C(F)(F)C(F)(F)C(F)(F)C(F)(F)C(F)(F)F)[C@@H](O)[C@@H](O)[C@@H]1O. The van der Waals surface area contributed by atoms with Gasteiger partial charge < -0.3 is 34.6 Å². The van der Waals surface area contributed by atoms with Gasteiger partial charge in [0.25, 0.3) is 0 Å². The Morgan fingerprint density at radius 1 is 0.523 bits per heavy atom. The lowest BCUT2D eigenvalue weighted by Crippen LogP contribution is -2.74. The third-order valence-electron chi connectivity index (χ3n) is 6.16. The first kappa shape index (κ1) is 40.6. The highest BCUT2D eigenvalue weighted by atomic mass is 19.4. The van der Waals surface area contributed by atoms with Crippen LogP contribution in [-0.4, -0.2) is 125 Å². The second-order valence-corrected chi connectivity index (χ2v) is 9.29. The van der Waals surface area contributed by atoms with Crippen molar-refractivity contribution in [1.82, 2.24) is 0 Å². The molecule has 0 aromatic carbocycles. The molecule has 264 valence electrons. The molecule has 1 rings (SSSR count). The van der Waals surface area contributed by atoms with Gasteiger partial charge in [-0.25, -0.2) is 0 Å². The third-order valence-corrected chi connectivity index (χ3v) is 6.16. The lowest BCUT2D eigenvalue weighted by molar-refractivity contribution is -0.462. The molecule has 1 heterocycles. The molecule has 5 atom stereocenters. The van der Waals surface area contributed by atoms with E-state index in [-0.39, 0.29) is 12.8 Å². The molecule has 0 aromatic rings. The zero-order valence-corrected chi connectivity index (χ0v) is 21.3. The van der Waals surface area contributed by atoms with E-state index in [2.05, 4.69) is 4.74 Å². The number of ether oxygens (including phenoxy) is 3. The van der Waals surface area contributed by atoms with E-state index in [0.717, 1.165) is 0 Å². The van der Waals surface area contributed by atoms with Crippen LogP contribution in [0.3, 0.4) is 0 Å². The topological polar surface area (TPSA) is 109 Å². The molecule has 44 heavy (non-hydrogen) atoms. The summed E-state index contributed by atoms with van der Waals surface area (Å²) in [5.74, 6) is -56.8. The Balaban J connectivity index is 2.80. The standard InChI is InChI=1S/C20H23F17O7/c21-13(22,3-6-42-4-1-2-5-43-12-11(41)10(40)9(39)8(7-38)44-12)14(23,24)15(25,26)16(27,28)17(29,30)18(31,32)19(33,34)20(35,36)37/h8-12,38-41H,1-7H2/t8-,9-,10+,11+,12+/m1/s1. The molecular formula is C20H23F17O7. The Labute approximate surface area is 234 Å². The summed E-state index contributed by atoms with van der Waals surface area (Å²) in [6, 6.07) is 0. The van der Waals surface area contributed by atoms with Crippen molar-refractivity contribution in [3.63, 3.8) is 0 Å². The number of rotatable bonds is 16. The smallest absolute Gasteiger partial charge is 0.394 e. The average Bonchev–Trinajstić information content (AvgIpc) is 2.88.